The molecule has 9 rings (SSSR count). The van der Waals surface area contributed by atoms with Crippen LogP contribution in [0.25, 0.3) is 53.6 Å². The molecule has 3 aromatic carbocycles. The molecule has 10 nitrogen and oxygen atoms in total. The van der Waals surface area contributed by atoms with Crippen molar-refractivity contribution in [1.29, 1.82) is 0 Å². The Morgan fingerprint density at radius 1 is 0.600 bits per heavy atom. The third kappa shape index (κ3) is 7.41. The molecule has 0 saturated carbocycles. The lowest BCUT2D eigenvalue weighted by molar-refractivity contribution is 0.301. The highest BCUT2D eigenvalue weighted by Crippen LogP contribution is 2.36. The summed E-state index contributed by atoms with van der Waals surface area (Å²) in [5, 5.41) is 11.5. The third-order valence-electron chi connectivity index (χ3n) is 8.64. The number of hydrogen-bond donors (Lipinski definition) is 1. The van der Waals surface area contributed by atoms with E-state index < -0.39 is 5.56 Å². The van der Waals surface area contributed by atoms with Crippen molar-refractivity contribution in [1.82, 2.24) is 28.7 Å². The van der Waals surface area contributed by atoms with E-state index in [4.69, 9.17) is 9.72 Å². The van der Waals surface area contributed by atoms with Crippen LogP contribution in [-0.2, 0) is 6.61 Å². The number of nitrogens with zero attached hydrogens (tertiary/aromatic N) is 6. The smallest absolute Gasteiger partial charge is 0.301 e. The summed E-state index contributed by atoms with van der Waals surface area (Å²) in [7, 11) is 0. The van der Waals surface area contributed by atoms with Crippen LogP contribution in [0, 0.1) is 13.8 Å². The van der Waals surface area contributed by atoms with E-state index in [1.807, 2.05) is 129 Å². The highest BCUT2D eigenvalue weighted by molar-refractivity contribution is 7.18. The largest absolute Gasteiger partial charge is 0.501 e. The standard InChI is InChI=1S/C25H19N3O2S.C18H13N3O2S/c1-17-12-13-21-27-22(24-26-14-20(31-24)19-10-6-3-7-11-19)23(25(29)28(21)15-17)30-16-18-8-4-2-5-9-18;1-11-7-8-14-20-15(16(22)18(23)21(14)10-11)17-19-9-13(24-17)12-5-3-2-4-6-12/h2-15H,16H2,1H3;2-10,22H,1H3. The van der Waals surface area contributed by atoms with Crippen LogP contribution in [0.1, 0.15) is 16.7 Å². The van der Waals surface area contributed by atoms with E-state index in [9.17, 15) is 14.7 Å². The van der Waals surface area contributed by atoms with E-state index in [1.54, 1.807) is 24.7 Å². The van der Waals surface area contributed by atoms with Crippen LogP contribution in [-0.4, -0.2) is 33.8 Å². The molecule has 270 valence electrons. The lowest BCUT2D eigenvalue weighted by Crippen LogP contribution is -2.19. The summed E-state index contributed by atoms with van der Waals surface area (Å²) < 4.78 is 8.92. The predicted molar refractivity (Wildman–Crippen MR) is 218 cm³/mol. The number of aromatic nitrogens is 6. The van der Waals surface area contributed by atoms with E-state index in [0.29, 0.717) is 27.0 Å². The number of fused-ring (bicyclic) bond motifs is 2. The molecule has 9 aromatic rings. The van der Waals surface area contributed by atoms with Gasteiger partial charge in [-0.2, -0.15) is 0 Å². The fraction of sp³-hybridized carbons (Fsp3) is 0.0698. The summed E-state index contributed by atoms with van der Waals surface area (Å²) in [5.74, 6) is -0.173. The molecule has 1 N–H and O–H groups in total. The first-order chi connectivity index (χ1) is 26.8. The van der Waals surface area contributed by atoms with Gasteiger partial charge in [-0.05, 0) is 53.8 Å². The molecule has 0 fully saturated rings. The van der Waals surface area contributed by atoms with E-state index in [1.165, 1.54) is 31.5 Å². The third-order valence-corrected chi connectivity index (χ3v) is 10.7. The van der Waals surface area contributed by atoms with Gasteiger partial charge in [-0.15, -0.1) is 22.7 Å². The van der Waals surface area contributed by atoms with Crippen molar-refractivity contribution < 1.29 is 9.84 Å². The molecule has 0 atom stereocenters. The fourth-order valence-corrected chi connectivity index (χ4v) is 7.68. The second kappa shape index (κ2) is 15.3. The molecule has 0 spiro atoms. The van der Waals surface area contributed by atoms with Gasteiger partial charge in [-0.3, -0.25) is 18.4 Å². The number of benzene rings is 3. The molecule has 0 bridgehead atoms. The number of pyridine rings is 2. The zero-order chi connectivity index (χ0) is 37.9. The van der Waals surface area contributed by atoms with Crippen molar-refractivity contribution in [2.45, 2.75) is 20.5 Å². The monoisotopic (exact) mass is 760 g/mol. The lowest BCUT2D eigenvalue weighted by Gasteiger charge is -2.11. The molecule has 0 radical (unpaired) electrons. The number of aryl methyl sites for hydroxylation is 2. The van der Waals surface area contributed by atoms with E-state index in [-0.39, 0.29) is 29.4 Å². The van der Waals surface area contributed by atoms with Gasteiger partial charge in [0.2, 0.25) is 11.5 Å². The first kappa shape index (κ1) is 35.3. The Labute approximate surface area is 323 Å². The Morgan fingerprint density at radius 3 is 1.62 bits per heavy atom. The van der Waals surface area contributed by atoms with E-state index in [0.717, 1.165) is 37.6 Å². The van der Waals surface area contributed by atoms with Crippen molar-refractivity contribution in [3.8, 4) is 53.8 Å². The van der Waals surface area contributed by atoms with Gasteiger partial charge in [0, 0.05) is 24.8 Å². The van der Waals surface area contributed by atoms with Crippen LogP contribution in [0.3, 0.4) is 0 Å². The molecule has 0 unspecified atom stereocenters. The molecule has 0 aliphatic rings. The summed E-state index contributed by atoms with van der Waals surface area (Å²) in [6.07, 6.45) is 6.98. The number of ether oxygens (including phenoxy) is 1. The Kier molecular flexibility index (Phi) is 9.82. The van der Waals surface area contributed by atoms with Gasteiger partial charge < -0.3 is 9.84 Å². The minimum absolute atomic E-state index is 0.209. The van der Waals surface area contributed by atoms with Crippen LogP contribution in [0.5, 0.6) is 11.5 Å². The Bertz CT molecular complexity index is 2910. The van der Waals surface area contributed by atoms with Gasteiger partial charge in [-0.1, -0.05) is 103 Å². The summed E-state index contributed by atoms with van der Waals surface area (Å²) in [6.45, 7) is 4.10. The molecule has 0 saturated heterocycles. The first-order valence-corrected chi connectivity index (χ1v) is 18.9. The predicted octanol–water partition coefficient (Wildman–Crippen LogP) is 8.87. The van der Waals surface area contributed by atoms with Crippen molar-refractivity contribution in [2.24, 2.45) is 0 Å². The summed E-state index contributed by atoms with van der Waals surface area (Å²) >= 11 is 2.89. The molecule has 0 amide bonds. The van der Waals surface area contributed by atoms with Crippen LogP contribution >= 0.6 is 22.7 Å². The molecule has 0 aliphatic carbocycles. The summed E-state index contributed by atoms with van der Waals surface area (Å²) in [4.78, 5) is 45.8. The zero-order valence-corrected chi connectivity index (χ0v) is 31.3. The fourth-order valence-electron chi connectivity index (χ4n) is 5.86. The molecule has 6 heterocycles. The molecular weight excluding hydrogens is 729 g/mol. The molecule has 55 heavy (non-hydrogen) atoms. The maximum Gasteiger partial charge on any atom is 0.301 e. The Morgan fingerprint density at radius 2 is 1.07 bits per heavy atom. The van der Waals surface area contributed by atoms with Crippen molar-refractivity contribution in [3.63, 3.8) is 0 Å². The number of aromatic hydroxyl groups is 1. The average Bonchev–Trinajstić information content (AvgIpc) is 3.92. The maximum atomic E-state index is 13.3. The zero-order valence-electron chi connectivity index (χ0n) is 29.7. The summed E-state index contributed by atoms with van der Waals surface area (Å²) in [6, 6.07) is 37.1. The number of thiazole rings is 2. The van der Waals surface area contributed by atoms with Crippen molar-refractivity contribution in [2.75, 3.05) is 0 Å². The molecule has 0 aliphatic heterocycles. The Hall–Kier alpha value is -6.76. The minimum atomic E-state index is -0.491. The number of rotatable bonds is 7. The topological polar surface area (TPSA) is 124 Å². The highest BCUT2D eigenvalue weighted by atomic mass is 32.1. The van der Waals surface area contributed by atoms with Crippen molar-refractivity contribution >= 4 is 34.0 Å². The second-order valence-corrected chi connectivity index (χ2v) is 14.7. The SMILES string of the molecule is Cc1ccc2nc(-c3ncc(-c4ccccc4)s3)c(O)c(=O)n2c1.Cc1ccc2nc(-c3ncc(-c4ccccc4)s3)c(OCc3ccccc3)c(=O)n2c1. The van der Waals surface area contributed by atoms with E-state index in [2.05, 4.69) is 15.0 Å². The van der Waals surface area contributed by atoms with Gasteiger partial charge in [0.25, 0.3) is 0 Å². The minimum Gasteiger partial charge on any atom is -0.501 e. The van der Waals surface area contributed by atoms with Crippen LogP contribution in [0.4, 0.5) is 0 Å². The molecular formula is C43H32N6O4S2. The van der Waals surface area contributed by atoms with Gasteiger partial charge in [0.1, 0.15) is 39.3 Å². The Balaban J connectivity index is 0.000000160. The molecule has 12 heteroatoms. The quantitative estimate of drug-likeness (QED) is 0.171. The van der Waals surface area contributed by atoms with Gasteiger partial charge in [0.05, 0.1) is 9.75 Å². The average molecular weight is 761 g/mol. The highest BCUT2D eigenvalue weighted by Gasteiger charge is 2.20. The number of hydrogen-bond acceptors (Lipinski definition) is 10. The van der Waals surface area contributed by atoms with Gasteiger partial charge >= 0.3 is 11.1 Å². The second-order valence-electron chi connectivity index (χ2n) is 12.6. The van der Waals surface area contributed by atoms with Crippen LogP contribution in [0.15, 0.2) is 150 Å². The van der Waals surface area contributed by atoms with Crippen molar-refractivity contribution in [3.05, 3.63) is 177 Å². The van der Waals surface area contributed by atoms with Crippen LogP contribution < -0.4 is 15.9 Å². The lowest BCUT2D eigenvalue weighted by atomic mass is 10.2. The summed E-state index contributed by atoms with van der Waals surface area (Å²) in [5.41, 5.74) is 5.98. The maximum absolute atomic E-state index is 13.3. The van der Waals surface area contributed by atoms with Gasteiger partial charge in [-0.25, -0.2) is 19.9 Å². The van der Waals surface area contributed by atoms with Crippen LogP contribution in [0.2, 0.25) is 0 Å². The molecule has 6 aromatic heterocycles. The normalized spacial score (nSPS) is 11.0. The van der Waals surface area contributed by atoms with Gasteiger partial charge in [0.15, 0.2) is 0 Å². The van der Waals surface area contributed by atoms with E-state index >= 15 is 0 Å². The first-order valence-electron chi connectivity index (χ1n) is 17.3.